The van der Waals surface area contributed by atoms with Crippen LogP contribution in [0.3, 0.4) is 0 Å². The Morgan fingerprint density at radius 1 is 1.08 bits per heavy atom. The fourth-order valence-electron chi connectivity index (χ4n) is 2.29. The number of sulfonamides is 1. The average molecular weight is 360 g/mol. The molecule has 0 radical (unpaired) electrons. The lowest BCUT2D eigenvalue weighted by atomic mass is 10.1. The maximum atomic E-state index is 12.4. The third kappa shape index (κ3) is 5.30. The van der Waals surface area contributed by atoms with Gasteiger partial charge in [-0.2, -0.15) is 0 Å². The van der Waals surface area contributed by atoms with Crippen LogP contribution >= 0.6 is 0 Å². The van der Waals surface area contributed by atoms with Crippen molar-refractivity contribution in [3.8, 4) is 0 Å². The van der Waals surface area contributed by atoms with Crippen LogP contribution in [0.5, 0.6) is 0 Å². The van der Waals surface area contributed by atoms with Gasteiger partial charge in [0, 0.05) is 20.6 Å². The zero-order valence-electron chi connectivity index (χ0n) is 14.5. The molecule has 6 nitrogen and oxygen atoms in total. The second kappa shape index (κ2) is 8.64. The topological polar surface area (TPSA) is 87.8 Å². The Morgan fingerprint density at radius 2 is 1.72 bits per heavy atom. The molecule has 2 rings (SSSR count). The molecule has 2 aromatic rings. The number of hydrogen-bond acceptors (Lipinski definition) is 3. The van der Waals surface area contributed by atoms with E-state index in [-0.39, 0.29) is 11.4 Å². The van der Waals surface area contributed by atoms with Crippen LogP contribution in [0.25, 0.3) is 0 Å². The summed E-state index contributed by atoms with van der Waals surface area (Å²) < 4.78 is 25.9. The number of benzene rings is 2. The van der Waals surface area contributed by atoms with Crippen molar-refractivity contribution >= 4 is 16.0 Å². The molecule has 0 aromatic heterocycles. The highest BCUT2D eigenvalue weighted by atomic mass is 32.2. The molecule has 134 valence electrons. The van der Waals surface area contributed by atoms with E-state index < -0.39 is 10.0 Å². The number of nitrogens with two attached hydrogens (primary N) is 1. The van der Waals surface area contributed by atoms with Gasteiger partial charge < -0.3 is 11.1 Å². The predicted molar refractivity (Wildman–Crippen MR) is 101 cm³/mol. The van der Waals surface area contributed by atoms with Crippen molar-refractivity contribution in [2.75, 3.05) is 20.6 Å². The molecule has 0 bridgehead atoms. The maximum Gasteiger partial charge on any atom is 0.242 e. The van der Waals surface area contributed by atoms with Crippen molar-refractivity contribution in [3.05, 3.63) is 65.7 Å². The molecule has 0 aliphatic carbocycles. The minimum Gasteiger partial charge on any atom is -0.370 e. The lowest BCUT2D eigenvalue weighted by Crippen LogP contribution is -2.33. The monoisotopic (exact) mass is 360 g/mol. The summed E-state index contributed by atoms with van der Waals surface area (Å²) in [5.74, 6) is 0.299. The Hall–Kier alpha value is -2.38. The third-order valence-electron chi connectivity index (χ3n) is 3.71. The maximum absolute atomic E-state index is 12.4. The summed E-state index contributed by atoms with van der Waals surface area (Å²) in [5.41, 5.74) is 7.71. The van der Waals surface area contributed by atoms with E-state index in [9.17, 15) is 8.42 Å². The van der Waals surface area contributed by atoms with Crippen molar-refractivity contribution in [1.29, 1.82) is 0 Å². The predicted octanol–water partition coefficient (Wildman–Crippen LogP) is 1.58. The van der Waals surface area contributed by atoms with Gasteiger partial charge in [0.15, 0.2) is 5.96 Å². The number of hydrogen-bond donors (Lipinski definition) is 2. The summed E-state index contributed by atoms with van der Waals surface area (Å²) in [5, 5.41) is 3.05. The highest BCUT2D eigenvalue weighted by Crippen LogP contribution is 2.19. The molecule has 2 aromatic carbocycles. The standard InChI is InChI=1S/C18H24N4O2S/c1-22(2)25(23,24)17-11-7-6-10-16(17)14-21-18(19)20-13-12-15-8-4-3-5-9-15/h3-11H,12-14H2,1-2H3,(H3,19,20,21). The van der Waals surface area contributed by atoms with E-state index in [2.05, 4.69) is 22.4 Å². The summed E-state index contributed by atoms with van der Waals surface area (Å²) in [4.78, 5) is 4.51. The Balaban J connectivity index is 1.99. The van der Waals surface area contributed by atoms with Gasteiger partial charge in [-0.15, -0.1) is 0 Å². The summed E-state index contributed by atoms with van der Waals surface area (Å²) in [6.45, 7) is 0.865. The molecule has 0 heterocycles. The van der Waals surface area contributed by atoms with Crippen LogP contribution in [0.2, 0.25) is 0 Å². The average Bonchev–Trinajstić information content (AvgIpc) is 2.61. The van der Waals surface area contributed by atoms with Gasteiger partial charge in [-0.25, -0.2) is 17.7 Å². The molecule has 0 saturated heterocycles. The Morgan fingerprint density at radius 3 is 2.40 bits per heavy atom. The molecule has 0 amide bonds. The van der Waals surface area contributed by atoms with Crippen LogP contribution in [0.15, 0.2) is 64.5 Å². The van der Waals surface area contributed by atoms with Gasteiger partial charge in [0.25, 0.3) is 0 Å². The fourth-order valence-corrected chi connectivity index (χ4v) is 3.40. The highest BCUT2D eigenvalue weighted by molar-refractivity contribution is 7.89. The van der Waals surface area contributed by atoms with Gasteiger partial charge in [-0.05, 0) is 23.6 Å². The van der Waals surface area contributed by atoms with Gasteiger partial charge in [0.2, 0.25) is 10.0 Å². The lowest BCUT2D eigenvalue weighted by molar-refractivity contribution is 0.519. The molecule has 0 aliphatic heterocycles. The van der Waals surface area contributed by atoms with E-state index >= 15 is 0 Å². The number of aliphatic imine (C=N–C) groups is 1. The molecule has 0 aliphatic rings. The van der Waals surface area contributed by atoms with Crippen LogP contribution in [0.4, 0.5) is 0 Å². The first kappa shape index (κ1) is 19.0. The van der Waals surface area contributed by atoms with Gasteiger partial charge in [-0.3, -0.25) is 0 Å². The minimum atomic E-state index is -3.51. The summed E-state index contributed by atoms with van der Waals surface area (Å²) >= 11 is 0. The van der Waals surface area contributed by atoms with Gasteiger partial charge in [-0.1, -0.05) is 48.5 Å². The second-order valence-electron chi connectivity index (χ2n) is 5.76. The quantitative estimate of drug-likeness (QED) is 0.580. The van der Waals surface area contributed by atoms with Crippen molar-refractivity contribution in [1.82, 2.24) is 9.62 Å². The van der Waals surface area contributed by atoms with Crippen LogP contribution in [0, 0.1) is 0 Å². The molecule has 7 heteroatoms. The van der Waals surface area contributed by atoms with E-state index in [1.54, 1.807) is 24.3 Å². The summed E-state index contributed by atoms with van der Waals surface area (Å²) in [6.07, 6.45) is 0.836. The molecular weight excluding hydrogens is 336 g/mol. The van der Waals surface area contributed by atoms with Crippen molar-refractivity contribution < 1.29 is 8.42 Å². The Bertz CT molecular complexity index is 818. The Kier molecular flexibility index (Phi) is 6.55. The van der Waals surface area contributed by atoms with E-state index in [0.717, 1.165) is 6.42 Å². The van der Waals surface area contributed by atoms with Gasteiger partial charge >= 0.3 is 0 Å². The van der Waals surface area contributed by atoms with Crippen LogP contribution in [-0.2, 0) is 23.0 Å². The van der Waals surface area contributed by atoms with Crippen LogP contribution in [-0.4, -0.2) is 39.3 Å². The number of guanidine groups is 1. The zero-order chi connectivity index (χ0) is 18.3. The summed E-state index contributed by atoms with van der Waals surface area (Å²) in [7, 11) is -0.488. The molecule has 25 heavy (non-hydrogen) atoms. The molecular formula is C18H24N4O2S. The van der Waals surface area contributed by atoms with Crippen molar-refractivity contribution in [2.45, 2.75) is 17.9 Å². The van der Waals surface area contributed by atoms with Crippen LogP contribution < -0.4 is 11.1 Å². The van der Waals surface area contributed by atoms with Gasteiger partial charge in [0.1, 0.15) is 0 Å². The number of nitrogens with one attached hydrogen (secondary N) is 1. The molecule has 0 atom stereocenters. The fraction of sp³-hybridized carbons (Fsp3) is 0.278. The summed E-state index contributed by atoms with van der Waals surface area (Å²) in [6, 6.07) is 16.9. The molecule has 0 fully saturated rings. The van der Waals surface area contributed by atoms with Crippen LogP contribution in [0.1, 0.15) is 11.1 Å². The van der Waals surface area contributed by atoms with E-state index in [1.807, 2.05) is 18.2 Å². The Labute approximate surface area is 149 Å². The van der Waals surface area contributed by atoms with Crippen molar-refractivity contribution in [2.24, 2.45) is 10.7 Å². The van der Waals surface area contributed by atoms with Gasteiger partial charge in [0.05, 0.1) is 11.4 Å². The van der Waals surface area contributed by atoms with E-state index in [0.29, 0.717) is 18.1 Å². The number of nitrogens with zero attached hydrogens (tertiary/aromatic N) is 2. The third-order valence-corrected chi connectivity index (χ3v) is 5.63. The first-order chi connectivity index (χ1) is 11.9. The largest absolute Gasteiger partial charge is 0.370 e. The molecule has 0 spiro atoms. The normalized spacial score (nSPS) is 12.4. The minimum absolute atomic E-state index is 0.202. The lowest BCUT2D eigenvalue weighted by Gasteiger charge is -2.14. The van der Waals surface area contributed by atoms with E-state index in [1.165, 1.54) is 24.0 Å². The first-order valence-corrected chi connectivity index (χ1v) is 9.43. The zero-order valence-corrected chi connectivity index (χ0v) is 15.3. The number of rotatable bonds is 7. The van der Waals surface area contributed by atoms with E-state index in [4.69, 9.17) is 5.73 Å². The smallest absolute Gasteiger partial charge is 0.242 e. The second-order valence-corrected chi connectivity index (χ2v) is 7.88. The molecule has 0 saturated carbocycles. The SMILES string of the molecule is CN(C)S(=O)(=O)c1ccccc1CN=C(N)NCCc1ccccc1. The molecule has 0 unspecified atom stereocenters. The molecule has 3 N–H and O–H groups in total. The first-order valence-electron chi connectivity index (χ1n) is 7.99. The highest BCUT2D eigenvalue weighted by Gasteiger charge is 2.20. The van der Waals surface area contributed by atoms with Crippen molar-refractivity contribution in [3.63, 3.8) is 0 Å².